The highest BCUT2D eigenvalue weighted by atomic mass is 79.9. The summed E-state index contributed by atoms with van der Waals surface area (Å²) in [7, 11) is 0. The van der Waals surface area contributed by atoms with E-state index in [4.69, 9.17) is 4.98 Å². The minimum atomic E-state index is 0.379. The van der Waals surface area contributed by atoms with Crippen molar-refractivity contribution in [1.82, 2.24) is 25.3 Å². The third-order valence-corrected chi connectivity index (χ3v) is 5.48. The van der Waals surface area contributed by atoms with Gasteiger partial charge in [0, 0.05) is 34.8 Å². The number of nitrogens with zero attached hydrogens (tertiary/aromatic N) is 3. The topological polar surface area (TPSA) is 78.5 Å². The Hall–Kier alpha value is -2.51. The Morgan fingerprint density at radius 2 is 2.15 bits per heavy atom. The molecule has 1 aliphatic rings. The quantitative estimate of drug-likeness (QED) is 0.463. The molecule has 5 rings (SSSR count). The predicted octanol–water partition coefficient (Wildman–Crippen LogP) is 4.10. The summed E-state index contributed by atoms with van der Waals surface area (Å²) in [6, 6.07) is 10.4. The summed E-state index contributed by atoms with van der Waals surface area (Å²) in [5.74, 6) is 0.782. The number of halogens is 1. The van der Waals surface area contributed by atoms with Crippen LogP contribution in [0.1, 0.15) is 12.8 Å². The second kappa shape index (κ2) is 6.90. The first-order chi connectivity index (χ1) is 13.3. The van der Waals surface area contributed by atoms with E-state index in [1.807, 2.05) is 30.5 Å². The number of piperidine rings is 1. The summed E-state index contributed by atoms with van der Waals surface area (Å²) in [4.78, 5) is 17.1. The highest BCUT2D eigenvalue weighted by molar-refractivity contribution is 9.10. The number of H-pyrrole nitrogens is 1. The summed E-state index contributed by atoms with van der Waals surface area (Å²) < 4.78 is 1.03. The van der Waals surface area contributed by atoms with E-state index in [2.05, 4.69) is 47.6 Å². The van der Waals surface area contributed by atoms with Gasteiger partial charge in [-0.3, -0.25) is 4.98 Å². The van der Waals surface area contributed by atoms with Gasteiger partial charge in [-0.15, -0.1) is 0 Å². The first-order valence-electron chi connectivity index (χ1n) is 9.14. The monoisotopic (exact) mass is 422 g/mol. The number of rotatable bonds is 3. The first kappa shape index (κ1) is 16.6. The first-order valence-corrected chi connectivity index (χ1v) is 9.94. The SMILES string of the molecule is Brc1ccc2ncc(-c3nc4ncccc4[nH]3)c(NC3CCCNC3)c2c1. The van der Waals surface area contributed by atoms with Gasteiger partial charge in [0.05, 0.1) is 22.3 Å². The van der Waals surface area contributed by atoms with E-state index in [-0.39, 0.29) is 0 Å². The highest BCUT2D eigenvalue weighted by Gasteiger charge is 2.19. The summed E-state index contributed by atoms with van der Waals surface area (Å²) in [5, 5.41) is 8.32. The van der Waals surface area contributed by atoms with E-state index in [1.54, 1.807) is 6.20 Å². The lowest BCUT2D eigenvalue weighted by Gasteiger charge is -2.26. The Kier molecular flexibility index (Phi) is 4.26. The number of aromatic nitrogens is 4. The fourth-order valence-corrected chi connectivity index (χ4v) is 4.01. The predicted molar refractivity (Wildman–Crippen MR) is 112 cm³/mol. The van der Waals surface area contributed by atoms with Gasteiger partial charge >= 0.3 is 0 Å². The van der Waals surface area contributed by atoms with Crippen LogP contribution in [0.3, 0.4) is 0 Å². The van der Waals surface area contributed by atoms with Crippen LogP contribution in [0.2, 0.25) is 0 Å². The van der Waals surface area contributed by atoms with Crippen molar-refractivity contribution in [3.63, 3.8) is 0 Å². The van der Waals surface area contributed by atoms with Gasteiger partial charge in [-0.05, 0) is 49.7 Å². The molecule has 0 aliphatic carbocycles. The van der Waals surface area contributed by atoms with E-state index >= 15 is 0 Å². The van der Waals surface area contributed by atoms with E-state index < -0.39 is 0 Å². The number of pyridine rings is 2. The molecule has 4 aromatic rings. The molecule has 1 unspecified atom stereocenters. The van der Waals surface area contributed by atoms with Gasteiger partial charge in [-0.2, -0.15) is 0 Å². The molecule has 1 aliphatic heterocycles. The van der Waals surface area contributed by atoms with Crippen LogP contribution in [0.25, 0.3) is 33.5 Å². The Labute approximate surface area is 165 Å². The third-order valence-electron chi connectivity index (χ3n) is 4.99. The van der Waals surface area contributed by atoms with Crippen molar-refractivity contribution >= 4 is 43.7 Å². The summed E-state index contributed by atoms with van der Waals surface area (Å²) in [5.41, 5.74) is 4.62. The van der Waals surface area contributed by atoms with Crippen LogP contribution in [-0.4, -0.2) is 39.1 Å². The largest absolute Gasteiger partial charge is 0.380 e. The second-order valence-electron chi connectivity index (χ2n) is 6.86. The molecule has 0 spiro atoms. The summed E-state index contributed by atoms with van der Waals surface area (Å²) >= 11 is 3.60. The van der Waals surface area contributed by atoms with Crippen molar-refractivity contribution in [2.24, 2.45) is 0 Å². The maximum Gasteiger partial charge on any atom is 0.178 e. The fraction of sp³-hybridized carbons (Fsp3) is 0.250. The molecule has 27 heavy (non-hydrogen) atoms. The number of benzene rings is 1. The maximum absolute atomic E-state index is 4.69. The average molecular weight is 423 g/mol. The third kappa shape index (κ3) is 3.17. The smallest absolute Gasteiger partial charge is 0.178 e. The lowest BCUT2D eigenvalue weighted by molar-refractivity contribution is 0.480. The van der Waals surface area contributed by atoms with Crippen LogP contribution < -0.4 is 10.6 Å². The molecule has 1 fully saturated rings. The molecule has 0 saturated carbocycles. The molecule has 7 heteroatoms. The lowest BCUT2D eigenvalue weighted by Crippen LogP contribution is -2.38. The molecular formula is C20H19BrN6. The lowest BCUT2D eigenvalue weighted by atomic mass is 10.0. The number of aromatic amines is 1. The summed E-state index contributed by atoms with van der Waals surface area (Å²) in [6.45, 7) is 2.04. The van der Waals surface area contributed by atoms with Gasteiger partial charge < -0.3 is 15.6 Å². The van der Waals surface area contributed by atoms with Crippen molar-refractivity contribution in [3.8, 4) is 11.4 Å². The molecule has 3 aromatic heterocycles. The molecule has 1 saturated heterocycles. The molecule has 1 atom stereocenters. The molecule has 3 N–H and O–H groups in total. The Morgan fingerprint density at radius 1 is 1.19 bits per heavy atom. The van der Waals surface area contributed by atoms with Crippen LogP contribution in [0.4, 0.5) is 5.69 Å². The Bertz CT molecular complexity index is 1080. The number of hydrogen-bond donors (Lipinski definition) is 3. The minimum Gasteiger partial charge on any atom is -0.380 e. The zero-order valence-electron chi connectivity index (χ0n) is 14.7. The zero-order chi connectivity index (χ0) is 18.2. The molecule has 136 valence electrons. The van der Waals surface area contributed by atoms with Crippen molar-refractivity contribution in [2.75, 3.05) is 18.4 Å². The van der Waals surface area contributed by atoms with Crippen molar-refractivity contribution in [2.45, 2.75) is 18.9 Å². The van der Waals surface area contributed by atoms with Crippen LogP contribution in [0.15, 0.2) is 47.2 Å². The van der Waals surface area contributed by atoms with Crippen LogP contribution >= 0.6 is 15.9 Å². The van der Waals surface area contributed by atoms with E-state index in [1.165, 1.54) is 6.42 Å². The minimum absolute atomic E-state index is 0.379. The highest BCUT2D eigenvalue weighted by Crippen LogP contribution is 2.35. The van der Waals surface area contributed by atoms with Crippen LogP contribution in [0, 0.1) is 0 Å². The van der Waals surface area contributed by atoms with Gasteiger partial charge in [0.1, 0.15) is 5.82 Å². The van der Waals surface area contributed by atoms with E-state index in [0.29, 0.717) is 11.7 Å². The number of hydrogen-bond acceptors (Lipinski definition) is 5. The second-order valence-corrected chi connectivity index (χ2v) is 7.77. The van der Waals surface area contributed by atoms with Crippen molar-refractivity contribution in [3.05, 3.63) is 47.2 Å². The van der Waals surface area contributed by atoms with Gasteiger partial charge in [-0.1, -0.05) is 15.9 Å². The average Bonchev–Trinajstić information content (AvgIpc) is 3.13. The van der Waals surface area contributed by atoms with Crippen molar-refractivity contribution in [1.29, 1.82) is 0 Å². The zero-order valence-corrected chi connectivity index (χ0v) is 16.3. The molecule has 1 aromatic carbocycles. The molecule has 0 amide bonds. The van der Waals surface area contributed by atoms with Crippen molar-refractivity contribution < 1.29 is 0 Å². The standard InChI is InChI=1S/C20H19BrN6/c21-12-5-6-16-14(9-12)18(25-13-3-1-7-22-10-13)15(11-24-16)19-26-17-4-2-8-23-20(17)27-19/h2,4-6,8-9,11,13,22H,1,3,7,10H2,(H,24,25)(H,23,26,27). The Morgan fingerprint density at radius 3 is 3.00 bits per heavy atom. The molecular weight excluding hydrogens is 404 g/mol. The molecule has 6 nitrogen and oxygen atoms in total. The number of anilines is 1. The van der Waals surface area contributed by atoms with E-state index in [9.17, 15) is 0 Å². The van der Waals surface area contributed by atoms with Gasteiger partial charge in [-0.25, -0.2) is 9.97 Å². The van der Waals surface area contributed by atoms with Crippen LogP contribution in [-0.2, 0) is 0 Å². The van der Waals surface area contributed by atoms with Gasteiger partial charge in [0.2, 0.25) is 0 Å². The summed E-state index contributed by atoms with van der Waals surface area (Å²) in [6.07, 6.45) is 5.97. The number of nitrogens with one attached hydrogen (secondary N) is 3. The maximum atomic E-state index is 4.69. The molecule has 0 bridgehead atoms. The van der Waals surface area contributed by atoms with E-state index in [0.717, 1.165) is 57.5 Å². The van der Waals surface area contributed by atoms with Gasteiger partial charge in [0.25, 0.3) is 0 Å². The number of imidazole rings is 1. The number of fused-ring (bicyclic) bond motifs is 2. The normalized spacial score (nSPS) is 17.4. The molecule has 4 heterocycles. The fourth-order valence-electron chi connectivity index (χ4n) is 3.65. The Balaban J connectivity index is 1.68. The molecule has 0 radical (unpaired) electrons. The van der Waals surface area contributed by atoms with Crippen LogP contribution in [0.5, 0.6) is 0 Å². The van der Waals surface area contributed by atoms with Gasteiger partial charge in [0.15, 0.2) is 5.65 Å².